The number of unbranched alkanes of at least 4 members (excludes halogenated alkanes) is 1. The molecule has 0 aromatic rings. The molecule has 0 aromatic heterocycles. The fourth-order valence-corrected chi connectivity index (χ4v) is 4.63. The van der Waals surface area contributed by atoms with Crippen LogP contribution in [0.25, 0.3) is 0 Å². The minimum Gasteiger partial charge on any atom is -0.381 e. The first-order valence-electron chi connectivity index (χ1n) is 11.0. The lowest BCUT2D eigenvalue weighted by Gasteiger charge is -2.32. The minimum atomic E-state index is 0.851. The third-order valence-corrected chi connectivity index (χ3v) is 6.47. The molecule has 2 nitrogen and oxygen atoms in total. The summed E-state index contributed by atoms with van der Waals surface area (Å²) in [6, 6.07) is 0. The van der Waals surface area contributed by atoms with Gasteiger partial charge in [0.05, 0.1) is 0 Å². The molecule has 0 bridgehead atoms. The Kier molecular flexibility index (Phi) is 10.4. The van der Waals surface area contributed by atoms with Crippen molar-refractivity contribution in [2.75, 3.05) is 26.4 Å². The van der Waals surface area contributed by atoms with Crippen LogP contribution >= 0.6 is 0 Å². The van der Waals surface area contributed by atoms with Crippen molar-refractivity contribution in [3.63, 3.8) is 0 Å². The van der Waals surface area contributed by atoms with Crippen molar-refractivity contribution in [3.05, 3.63) is 0 Å². The van der Waals surface area contributed by atoms with Crippen LogP contribution in [0, 0.1) is 23.7 Å². The van der Waals surface area contributed by atoms with Crippen LogP contribution < -0.4 is 0 Å². The Bertz CT molecular complexity index is 288. The molecule has 0 aromatic carbocycles. The van der Waals surface area contributed by atoms with Gasteiger partial charge in [0.1, 0.15) is 0 Å². The SMILES string of the molecule is CCCCOCC1CCC(CCC2CCC(COCC)CC2)CC1. The van der Waals surface area contributed by atoms with Gasteiger partial charge in [-0.1, -0.05) is 51.9 Å². The van der Waals surface area contributed by atoms with Crippen LogP contribution in [0.1, 0.15) is 90.9 Å². The summed E-state index contributed by atoms with van der Waals surface area (Å²) < 4.78 is 11.4. The Morgan fingerprint density at radius 3 is 1.54 bits per heavy atom. The van der Waals surface area contributed by atoms with Gasteiger partial charge in [0.2, 0.25) is 0 Å². The predicted molar refractivity (Wildman–Crippen MR) is 102 cm³/mol. The van der Waals surface area contributed by atoms with E-state index in [0.717, 1.165) is 50.1 Å². The lowest BCUT2D eigenvalue weighted by molar-refractivity contribution is 0.0723. The van der Waals surface area contributed by atoms with Crippen LogP contribution in [-0.2, 0) is 9.47 Å². The Labute approximate surface area is 151 Å². The van der Waals surface area contributed by atoms with Crippen molar-refractivity contribution in [1.82, 2.24) is 0 Å². The van der Waals surface area contributed by atoms with Gasteiger partial charge in [0.15, 0.2) is 0 Å². The molecule has 0 N–H and O–H groups in total. The van der Waals surface area contributed by atoms with Gasteiger partial charge in [-0.3, -0.25) is 0 Å². The van der Waals surface area contributed by atoms with Crippen molar-refractivity contribution in [2.24, 2.45) is 23.7 Å². The summed E-state index contributed by atoms with van der Waals surface area (Å²) in [6.45, 7) is 8.23. The van der Waals surface area contributed by atoms with E-state index in [9.17, 15) is 0 Å². The Morgan fingerprint density at radius 1 is 0.625 bits per heavy atom. The Hall–Kier alpha value is -0.0800. The zero-order chi connectivity index (χ0) is 17.0. The van der Waals surface area contributed by atoms with Gasteiger partial charge < -0.3 is 9.47 Å². The molecule has 0 amide bonds. The lowest BCUT2D eigenvalue weighted by atomic mass is 9.76. The zero-order valence-electron chi connectivity index (χ0n) is 16.4. The molecule has 142 valence electrons. The summed E-state index contributed by atoms with van der Waals surface area (Å²) in [5.74, 6) is 3.73. The molecule has 2 saturated carbocycles. The van der Waals surface area contributed by atoms with E-state index in [1.807, 2.05) is 0 Å². The smallest absolute Gasteiger partial charge is 0.0494 e. The largest absolute Gasteiger partial charge is 0.381 e. The van der Waals surface area contributed by atoms with E-state index in [2.05, 4.69) is 13.8 Å². The average Bonchev–Trinajstić information content (AvgIpc) is 2.64. The quantitative estimate of drug-likeness (QED) is 0.416. The van der Waals surface area contributed by atoms with Gasteiger partial charge in [-0.05, 0) is 62.7 Å². The summed E-state index contributed by atoms with van der Waals surface area (Å²) in [5, 5.41) is 0. The molecule has 0 heterocycles. The number of hydrogen-bond acceptors (Lipinski definition) is 2. The highest BCUT2D eigenvalue weighted by atomic mass is 16.5. The summed E-state index contributed by atoms with van der Waals surface area (Å²) >= 11 is 0. The molecule has 0 saturated heterocycles. The average molecular weight is 339 g/mol. The van der Waals surface area contributed by atoms with Crippen molar-refractivity contribution in [2.45, 2.75) is 90.9 Å². The maximum absolute atomic E-state index is 5.83. The van der Waals surface area contributed by atoms with Gasteiger partial charge >= 0.3 is 0 Å². The maximum atomic E-state index is 5.83. The molecule has 0 aliphatic heterocycles. The molecule has 2 heteroatoms. The normalized spacial score (nSPS) is 31.2. The van der Waals surface area contributed by atoms with E-state index in [4.69, 9.17) is 9.47 Å². The van der Waals surface area contributed by atoms with Crippen LogP contribution in [0.5, 0.6) is 0 Å². The summed E-state index contributed by atoms with van der Waals surface area (Å²) in [6.07, 6.45) is 16.9. The molecule has 0 radical (unpaired) electrons. The van der Waals surface area contributed by atoms with E-state index in [1.54, 1.807) is 0 Å². The summed E-state index contributed by atoms with van der Waals surface area (Å²) in [7, 11) is 0. The van der Waals surface area contributed by atoms with Gasteiger partial charge in [-0.15, -0.1) is 0 Å². The molecule has 0 unspecified atom stereocenters. The molecule has 24 heavy (non-hydrogen) atoms. The first-order chi connectivity index (χ1) is 11.8. The van der Waals surface area contributed by atoms with Crippen molar-refractivity contribution in [3.8, 4) is 0 Å². The highest BCUT2D eigenvalue weighted by molar-refractivity contribution is 4.76. The van der Waals surface area contributed by atoms with E-state index >= 15 is 0 Å². The van der Waals surface area contributed by atoms with Gasteiger partial charge in [0, 0.05) is 26.4 Å². The maximum Gasteiger partial charge on any atom is 0.0494 e. The Morgan fingerprint density at radius 2 is 1.08 bits per heavy atom. The molecular formula is C22H42O2. The monoisotopic (exact) mass is 338 g/mol. The molecule has 0 atom stereocenters. The second kappa shape index (κ2) is 12.3. The van der Waals surface area contributed by atoms with E-state index in [-0.39, 0.29) is 0 Å². The molecule has 2 aliphatic carbocycles. The number of ether oxygens (including phenoxy) is 2. The molecular weight excluding hydrogens is 296 g/mol. The Balaban J connectivity index is 1.49. The molecule has 2 rings (SSSR count). The van der Waals surface area contributed by atoms with E-state index < -0.39 is 0 Å². The van der Waals surface area contributed by atoms with Crippen LogP contribution in [-0.4, -0.2) is 26.4 Å². The second-order valence-corrected chi connectivity index (χ2v) is 8.44. The lowest BCUT2D eigenvalue weighted by Crippen LogP contribution is -2.21. The molecule has 2 fully saturated rings. The first kappa shape index (κ1) is 20.2. The molecule has 2 aliphatic rings. The topological polar surface area (TPSA) is 18.5 Å². The summed E-state index contributed by atoms with van der Waals surface area (Å²) in [5.41, 5.74) is 0. The highest BCUT2D eigenvalue weighted by Crippen LogP contribution is 2.36. The summed E-state index contributed by atoms with van der Waals surface area (Å²) in [4.78, 5) is 0. The van der Waals surface area contributed by atoms with Crippen LogP contribution in [0.4, 0.5) is 0 Å². The van der Waals surface area contributed by atoms with Crippen molar-refractivity contribution < 1.29 is 9.47 Å². The zero-order valence-corrected chi connectivity index (χ0v) is 16.4. The first-order valence-corrected chi connectivity index (χ1v) is 11.0. The van der Waals surface area contributed by atoms with Crippen molar-refractivity contribution >= 4 is 0 Å². The fourth-order valence-electron chi connectivity index (χ4n) is 4.63. The van der Waals surface area contributed by atoms with Gasteiger partial charge in [-0.2, -0.15) is 0 Å². The minimum absolute atomic E-state index is 0.851. The third-order valence-electron chi connectivity index (χ3n) is 6.47. The van der Waals surface area contributed by atoms with Gasteiger partial charge in [-0.25, -0.2) is 0 Å². The number of rotatable bonds is 11. The van der Waals surface area contributed by atoms with Crippen LogP contribution in [0.2, 0.25) is 0 Å². The molecule has 0 spiro atoms. The standard InChI is InChI=1S/C22H42O2/c1-3-5-16-24-18-22-14-10-20(11-15-22)7-6-19-8-12-21(13-9-19)17-23-4-2/h19-22H,3-18H2,1-2H3. The predicted octanol–water partition coefficient (Wildman–Crippen LogP) is 6.23. The van der Waals surface area contributed by atoms with Crippen molar-refractivity contribution in [1.29, 1.82) is 0 Å². The van der Waals surface area contributed by atoms with E-state index in [0.29, 0.717) is 0 Å². The van der Waals surface area contributed by atoms with E-state index in [1.165, 1.54) is 77.0 Å². The van der Waals surface area contributed by atoms with Crippen LogP contribution in [0.3, 0.4) is 0 Å². The second-order valence-electron chi connectivity index (χ2n) is 8.44. The number of hydrogen-bond donors (Lipinski definition) is 0. The fraction of sp³-hybridized carbons (Fsp3) is 1.00. The van der Waals surface area contributed by atoms with Crippen LogP contribution in [0.15, 0.2) is 0 Å². The van der Waals surface area contributed by atoms with Gasteiger partial charge in [0.25, 0.3) is 0 Å². The highest BCUT2D eigenvalue weighted by Gasteiger charge is 2.24. The third kappa shape index (κ3) is 7.87.